The molecule has 0 saturated carbocycles. The lowest BCUT2D eigenvalue weighted by molar-refractivity contribution is -0.116. The molecule has 0 unspecified atom stereocenters. The summed E-state index contributed by atoms with van der Waals surface area (Å²) in [6.45, 7) is 0.0243. The van der Waals surface area contributed by atoms with E-state index in [0.29, 0.717) is 5.82 Å². The highest BCUT2D eigenvalue weighted by molar-refractivity contribution is 5.78. The van der Waals surface area contributed by atoms with Gasteiger partial charge in [-0.1, -0.05) is 6.07 Å². The Labute approximate surface area is 75.2 Å². The molecule has 0 radical (unpaired) electrons. The number of amides is 1. The molecule has 1 aromatic heterocycles. The molecule has 1 heterocycles. The lowest BCUT2D eigenvalue weighted by Gasteiger charge is -2.15. The normalized spacial score (nSPS) is 9.69. The second kappa shape index (κ2) is 3.84. The van der Waals surface area contributed by atoms with Crippen molar-refractivity contribution in [3.05, 3.63) is 24.1 Å². The van der Waals surface area contributed by atoms with Crippen LogP contribution in [0.2, 0.25) is 0 Å². The minimum Gasteiger partial charge on any atom is -0.368 e. The maximum Gasteiger partial charge on any atom is 0.236 e. The topological polar surface area (TPSA) is 59.2 Å². The van der Waals surface area contributed by atoms with Gasteiger partial charge in [-0.25, -0.2) is 4.98 Å². The van der Waals surface area contributed by atoms with Crippen LogP contribution in [0.5, 0.6) is 0 Å². The first kappa shape index (κ1) is 9.44. The maximum atomic E-state index is 12.6. The van der Waals surface area contributed by atoms with Gasteiger partial charge in [-0.2, -0.15) is 4.39 Å². The molecule has 0 bridgehead atoms. The largest absolute Gasteiger partial charge is 0.368 e. The molecule has 0 aliphatic rings. The molecule has 1 aromatic rings. The number of hydrogen-bond donors (Lipinski definition) is 1. The van der Waals surface area contributed by atoms with E-state index in [1.54, 1.807) is 13.1 Å². The van der Waals surface area contributed by atoms with Crippen molar-refractivity contribution in [3.63, 3.8) is 0 Å². The molecular weight excluding hydrogens is 173 g/mol. The number of carbonyl (C=O) groups is 1. The molecule has 0 spiro atoms. The molecule has 2 N–H and O–H groups in total. The Bertz CT molecular complexity index is 316. The van der Waals surface area contributed by atoms with E-state index in [-0.39, 0.29) is 6.54 Å². The summed E-state index contributed by atoms with van der Waals surface area (Å²) < 4.78 is 12.6. The Balaban J connectivity index is 2.76. The first-order chi connectivity index (χ1) is 6.09. The minimum absolute atomic E-state index is 0.0243. The molecular formula is C8H10FN3O. The Morgan fingerprint density at radius 1 is 1.69 bits per heavy atom. The fraction of sp³-hybridized carbons (Fsp3) is 0.250. The van der Waals surface area contributed by atoms with Crippen molar-refractivity contribution < 1.29 is 9.18 Å². The average Bonchev–Trinajstić information content (AvgIpc) is 2.03. The second-order valence-electron chi connectivity index (χ2n) is 2.64. The van der Waals surface area contributed by atoms with Crippen LogP contribution in [-0.4, -0.2) is 24.5 Å². The quantitative estimate of drug-likeness (QED) is 0.678. The predicted octanol–water partition coefficient (Wildman–Crippen LogP) is 0.142. The number of halogens is 1. The monoisotopic (exact) mass is 183 g/mol. The van der Waals surface area contributed by atoms with Crippen molar-refractivity contribution in [1.29, 1.82) is 0 Å². The van der Waals surface area contributed by atoms with E-state index >= 15 is 0 Å². The third kappa shape index (κ3) is 2.70. The molecule has 0 aliphatic heterocycles. The van der Waals surface area contributed by atoms with Gasteiger partial charge in [-0.3, -0.25) is 4.79 Å². The van der Waals surface area contributed by atoms with Gasteiger partial charge in [0.1, 0.15) is 5.82 Å². The van der Waals surface area contributed by atoms with Gasteiger partial charge >= 0.3 is 0 Å². The van der Waals surface area contributed by atoms with Crippen molar-refractivity contribution >= 4 is 11.7 Å². The van der Waals surface area contributed by atoms with Crippen molar-refractivity contribution in [1.82, 2.24) is 4.98 Å². The fourth-order valence-corrected chi connectivity index (χ4v) is 0.925. The second-order valence-corrected chi connectivity index (χ2v) is 2.64. The molecule has 70 valence electrons. The van der Waals surface area contributed by atoms with Gasteiger partial charge in [0.15, 0.2) is 0 Å². The van der Waals surface area contributed by atoms with E-state index in [2.05, 4.69) is 4.98 Å². The van der Waals surface area contributed by atoms with Gasteiger partial charge in [0.2, 0.25) is 11.9 Å². The number of nitrogens with two attached hydrogens (primary N) is 1. The highest BCUT2D eigenvalue weighted by atomic mass is 19.1. The molecule has 13 heavy (non-hydrogen) atoms. The first-order valence-corrected chi connectivity index (χ1v) is 3.71. The zero-order valence-corrected chi connectivity index (χ0v) is 7.20. The smallest absolute Gasteiger partial charge is 0.236 e. The van der Waals surface area contributed by atoms with Gasteiger partial charge in [0.05, 0.1) is 6.54 Å². The number of primary amides is 1. The summed E-state index contributed by atoms with van der Waals surface area (Å²) in [6, 6.07) is 4.36. The van der Waals surface area contributed by atoms with Crippen LogP contribution in [-0.2, 0) is 4.79 Å². The number of carbonyl (C=O) groups excluding carboxylic acids is 1. The molecule has 0 aliphatic carbocycles. The molecule has 4 nitrogen and oxygen atoms in total. The number of anilines is 1. The van der Waals surface area contributed by atoms with Crippen molar-refractivity contribution in [3.8, 4) is 0 Å². The number of rotatable bonds is 3. The van der Waals surface area contributed by atoms with Gasteiger partial charge in [0, 0.05) is 7.05 Å². The van der Waals surface area contributed by atoms with Gasteiger partial charge in [0.25, 0.3) is 0 Å². The third-order valence-corrected chi connectivity index (χ3v) is 1.48. The van der Waals surface area contributed by atoms with E-state index < -0.39 is 11.9 Å². The van der Waals surface area contributed by atoms with Crippen LogP contribution < -0.4 is 10.6 Å². The molecule has 0 fully saturated rings. The van der Waals surface area contributed by atoms with Crippen LogP contribution >= 0.6 is 0 Å². The lowest BCUT2D eigenvalue weighted by atomic mass is 10.4. The predicted molar refractivity (Wildman–Crippen MR) is 46.7 cm³/mol. The summed E-state index contributed by atoms with van der Waals surface area (Å²) >= 11 is 0. The Morgan fingerprint density at radius 2 is 2.38 bits per heavy atom. The van der Waals surface area contributed by atoms with E-state index in [4.69, 9.17) is 5.73 Å². The Kier molecular flexibility index (Phi) is 2.79. The number of hydrogen-bond acceptors (Lipinski definition) is 3. The van der Waals surface area contributed by atoms with Crippen molar-refractivity contribution in [2.75, 3.05) is 18.5 Å². The SMILES string of the molecule is CN(CC(N)=O)c1cccc(F)n1. The fourth-order valence-electron chi connectivity index (χ4n) is 0.925. The maximum absolute atomic E-state index is 12.6. The molecule has 1 rings (SSSR count). The van der Waals surface area contributed by atoms with Crippen molar-refractivity contribution in [2.45, 2.75) is 0 Å². The van der Waals surface area contributed by atoms with E-state index in [1.807, 2.05) is 0 Å². The first-order valence-electron chi connectivity index (χ1n) is 3.71. The third-order valence-electron chi connectivity index (χ3n) is 1.48. The summed E-state index contributed by atoms with van der Waals surface area (Å²) in [5.41, 5.74) is 4.97. The lowest BCUT2D eigenvalue weighted by Crippen LogP contribution is -2.31. The van der Waals surface area contributed by atoms with Gasteiger partial charge in [-0.05, 0) is 12.1 Å². The number of pyridine rings is 1. The van der Waals surface area contributed by atoms with E-state index in [0.717, 1.165) is 0 Å². The highest BCUT2D eigenvalue weighted by Crippen LogP contribution is 2.07. The van der Waals surface area contributed by atoms with Crippen LogP contribution in [0, 0.1) is 5.95 Å². The summed E-state index contributed by atoms with van der Waals surface area (Å²) in [5.74, 6) is -0.666. The van der Waals surface area contributed by atoms with Gasteiger partial charge < -0.3 is 10.6 Å². The van der Waals surface area contributed by atoms with Crippen LogP contribution in [0.1, 0.15) is 0 Å². The summed E-state index contributed by atoms with van der Waals surface area (Å²) in [4.78, 5) is 15.6. The van der Waals surface area contributed by atoms with Crippen LogP contribution in [0.3, 0.4) is 0 Å². The standard InChI is InChI=1S/C8H10FN3O/c1-12(5-7(10)13)8-4-2-3-6(9)11-8/h2-4H,5H2,1H3,(H2,10,13). The highest BCUT2D eigenvalue weighted by Gasteiger charge is 2.05. The number of nitrogens with zero attached hydrogens (tertiary/aromatic N) is 2. The summed E-state index contributed by atoms with van der Waals surface area (Å²) in [6.07, 6.45) is 0. The molecule has 0 saturated heterocycles. The average molecular weight is 183 g/mol. The van der Waals surface area contributed by atoms with Crippen LogP contribution in [0.15, 0.2) is 18.2 Å². The number of likely N-dealkylation sites (N-methyl/N-ethyl adjacent to an activating group) is 1. The van der Waals surface area contributed by atoms with Crippen LogP contribution in [0.4, 0.5) is 10.2 Å². The van der Waals surface area contributed by atoms with Crippen LogP contribution in [0.25, 0.3) is 0 Å². The number of aromatic nitrogens is 1. The summed E-state index contributed by atoms with van der Waals surface area (Å²) in [5, 5.41) is 0. The van der Waals surface area contributed by atoms with E-state index in [9.17, 15) is 9.18 Å². The van der Waals surface area contributed by atoms with E-state index in [1.165, 1.54) is 17.0 Å². The van der Waals surface area contributed by atoms with Gasteiger partial charge in [-0.15, -0.1) is 0 Å². The molecule has 0 aromatic carbocycles. The Morgan fingerprint density at radius 3 is 2.92 bits per heavy atom. The molecule has 1 amide bonds. The summed E-state index contributed by atoms with van der Waals surface area (Å²) in [7, 11) is 1.62. The van der Waals surface area contributed by atoms with Crippen molar-refractivity contribution in [2.24, 2.45) is 5.73 Å². The zero-order valence-electron chi connectivity index (χ0n) is 7.20. The molecule has 0 atom stereocenters. The zero-order chi connectivity index (χ0) is 9.84. The minimum atomic E-state index is -0.575. The Hall–Kier alpha value is -1.65. The molecule has 5 heteroatoms.